The fourth-order valence-corrected chi connectivity index (χ4v) is 8.36. The third kappa shape index (κ3) is 6.56. The van der Waals surface area contributed by atoms with E-state index in [9.17, 15) is 22.8 Å². The van der Waals surface area contributed by atoms with Gasteiger partial charge in [-0.2, -0.15) is 13.2 Å². The zero-order chi connectivity index (χ0) is 31.2. The lowest BCUT2D eigenvalue weighted by Gasteiger charge is -2.44. The second kappa shape index (κ2) is 12.3. The maximum atomic E-state index is 14.3. The number of carbonyl (C=O) groups excluding carboxylic acids is 1. The highest BCUT2D eigenvalue weighted by atomic mass is 28.4. The SMILES string of the molecule is CO[C@@H]1COCC[C@@H]1N(CCCC(C)(C)[Si](C)(C)O)[C@@H]1C[C@H]2OCC[C@@]2(C(=O)N2CCc3ncc(C(F)(F)F)cc3C2)C1. The second-order valence-corrected chi connectivity index (χ2v) is 18.6. The number of hydrogen-bond donors (Lipinski definition) is 1. The van der Waals surface area contributed by atoms with Gasteiger partial charge in [0.2, 0.25) is 5.91 Å². The number of hydrogen-bond acceptors (Lipinski definition) is 7. The van der Waals surface area contributed by atoms with E-state index in [1.807, 2.05) is 13.1 Å². The van der Waals surface area contributed by atoms with E-state index < -0.39 is 25.5 Å². The molecule has 5 atom stereocenters. The van der Waals surface area contributed by atoms with Gasteiger partial charge in [-0.3, -0.25) is 14.7 Å². The van der Waals surface area contributed by atoms with E-state index in [1.165, 1.54) is 0 Å². The maximum Gasteiger partial charge on any atom is 0.417 e. The molecule has 5 rings (SSSR count). The summed E-state index contributed by atoms with van der Waals surface area (Å²) in [7, 11) is -0.632. The van der Waals surface area contributed by atoms with Crippen LogP contribution in [0.15, 0.2) is 12.3 Å². The summed E-state index contributed by atoms with van der Waals surface area (Å²) in [6, 6.07) is 1.40. The minimum Gasteiger partial charge on any atom is -0.432 e. The molecule has 8 nitrogen and oxygen atoms in total. The molecule has 0 aromatic carbocycles. The van der Waals surface area contributed by atoms with Crippen molar-refractivity contribution >= 4 is 14.2 Å². The maximum absolute atomic E-state index is 14.3. The fraction of sp³-hybridized carbons (Fsp3) is 0.806. The van der Waals surface area contributed by atoms with Gasteiger partial charge in [-0.1, -0.05) is 13.8 Å². The van der Waals surface area contributed by atoms with Crippen LogP contribution in [0.25, 0.3) is 0 Å². The molecule has 0 radical (unpaired) electrons. The Hall–Kier alpha value is -1.57. The lowest BCUT2D eigenvalue weighted by Crippen LogP contribution is -2.54. The molecule has 3 aliphatic heterocycles. The summed E-state index contributed by atoms with van der Waals surface area (Å²) in [5.74, 6) is -0.00931. The molecule has 242 valence electrons. The van der Waals surface area contributed by atoms with Gasteiger partial charge in [-0.25, -0.2) is 0 Å². The van der Waals surface area contributed by atoms with Crippen molar-refractivity contribution in [3.8, 4) is 0 Å². The van der Waals surface area contributed by atoms with Gasteiger partial charge in [0, 0.05) is 63.8 Å². The van der Waals surface area contributed by atoms with Crippen molar-refractivity contribution in [2.75, 3.05) is 40.0 Å². The Morgan fingerprint density at radius 1 is 1.30 bits per heavy atom. The van der Waals surface area contributed by atoms with Crippen molar-refractivity contribution in [1.29, 1.82) is 0 Å². The summed E-state index contributed by atoms with van der Waals surface area (Å²) in [6.07, 6.45) is 1.19. The minimum absolute atomic E-state index is 0.00931. The minimum atomic E-state index is -4.48. The number of rotatable bonds is 9. The Morgan fingerprint density at radius 2 is 2.07 bits per heavy atom. The molecule has 3 fully saturated rings. The summed E-state index contributed by atoms with van der Waals surface area (Å²) < 4.78 is 58.1. The predicted octanol–water partition coefficient (Wildman–Crippen LogP) is 4.79. The van der Waals surface area contributed by atoms with Crippen LogP contribution in [0.4, 0.5) is 13.2 Å². The van der Waals surface area contributed by atoms with Crippen molar-refractivity contribution in [2.45, 2.75) is 114 Å². The Labute approximate surface area is 254 Å². The third-order valence-corrected chi connectivity index (χ3v) is 14.6. The monoisotopic (exact) mass is 627 g/mol. The van der Waals surface area contributed by atoms with E-state index in [0.29, 0.717) is 56.9 Å². The topological polar surface area (TPSA) is 84.4 Å². The molecule has 4 heterocycles. The molecule has 0 bridgehead atoms. The standard InChI is InChI=1S/C31H48F3N3O5Si/c1-29(2,43(4,5)39)9-6-11-37(25-8-13-41-20-26(25)40-3)23-16-27-30(17-23,10-14-42-27)28(38)36-12-7-24-21(19-36)15-22(18-35-24)31(32,33)34/h15,18,23,25-27,39H,6-14,16-17,19-20H2,1-5H3/t23-,25+,26-,27-,30-/m1/s1. The van der Waals surface area contributed by atoms with Gasteiger partial charge in [0.25, 0.3) is 0 Å². The molecule has 12 heteroatoms. The molecule has 1 saturated carbocycles. The number of amides is 1. The van der Waals surface area contributed by atoms with Gasteiger partial charge in [0.05, 0.1) is 29.8 Å². The van der Waals surface area contributed by atoms with Crippen molar-refractivity contribution in [2.24, 2.45) is 5.41 Å². The molecule has 1 N–H and O–H groups in total. The number of fused-ring (bicyclic) bond motifs is 2. The lowest BCUT2D eigenvalue weighted by molar-refractivity contribution is -0.145. The molecule has 2 saturated heterocycles. The van der Waals surface area contributed by atoms with Gasteiger partial charge < -0.3 is 23.9 Å². The van der Waals surface area contributed by atoms with Gasteiger partial charge in [-0.05, 0) is 74.8 Å². The second-order valence-electron chi connectivity index (χ2n) is 14.2. The number of nitrogens with zero attached hydrogens (tertiary/aromatic N) is 3. The van der Waals surface area contributed by atoms with Gasteiger partial charge >= 0.3 is 6.18 Å². The predicted molar refractivity (Wildman–Crippen MR) is 158 cm³/mol. The molecular weight excluding hydrogens is 579 g/mol. The van der Waals surface area contributed by atoms with Crippen LogP contribution in [0.1, 0.15) is 69.2 Å². The van der Waals surface area contributed by atoms with Gasteiger partial charge in [-0.15, -0.1) is 0 Å². The first-order valence-corrected chi connectivity index (χ1v) is 18.7. The average Bonchev–Trinajstić information content (AvgIpc) is 3.52. The number of carbonyl (C=O) groups is 1. The van der Waals surface area contributed by atoms with Crippen LogP contribution in [0, 0.1) is 5.41 Å². The fourth-order valence-electron chi connectivity index (χ4n) is 7.57. The number of pyridine rings is 1. The van der Waals surface area contributed by atoms with Crippen LogP contribution in [-0.4, -0.2) is 98.1 Å². The third-order valence-electron chi connectivity index (χ3n) is 11.0. The highest BCUT2D eigenvalue weighted by Gasteiger charge is 2.59. The molecule has 1 aliphatic carbocycles. The molecule has 43 heavy (non-hydrogen) atoms. The van der Waals surface area contributed by atoms with Crippen molar-refractivity contribution in [3.63, 3.8) is 0 Å². The largest absolute Gasteiger partial charge is 0.432 e. The summed E-state index contributed by atoms with van der Waals surface area (Å²) in [6.45, 7) is 11.4. The van der Waals surface area contributed by atoms with E-state index in [1.54, 1.807) is 12.0 Å². The number of alkyl halides is 3. The molecule has 1 aromatic heterocycles. The normalized spacial score (nSPS) is 30.0. The number of methoxy groups -OCH3 is 1. The average molecular weight is 628 g/mol. The van der Waals surface area contributed by atoms with Crippen molar-refractivity contribution in [3.05, 3.63) is 29.1 Å². The Morgan fingerprint density at radius 3 is 2.77 bits per heavy atom. The summed E-state index contributed by atoms with van der Waals surface area (Å²) in [4.78, 5) is 33.5. The first kappa shape index (κ1) is 32.8. The van der Waals surface area contributed by atoms with Crippen LogP contribution >= 0.6 is 0 Å². The van der Waals surface area contributed by atoms with E-state index in [-0.39, 0.29) is 41.8 Å². The highest BCUT2D eigenvalue weighted by Crippen LogP contribution is 2.51. The van der Waals surface area contributed by atoms with Gasteiger partial charge in [0.15, 0.2) is 8.32 Å². The van der Waals surface area contributed by atoms with E-state index in [2.05, 4.69) is 23.7 Å². The van der Waals surface area contributed by atoms with Crippen LogP contribution < -0.4 is 0 Å². The summed E-state index contributed by atoms with van der Waals surface area (Å²) >= 11 is 0. The zero-order valence-electron chi connectivity index (χ0n) is 26.2. The van der Waals surface area contributed by atoms with E-state index in [0.717, 1.165) is 44.5 Å². The van der Waals surface area contributed by atoms with Crippen molar-refractivity contribution in [1.82, 2.24) is 14.8 Å². The molecule has 1 amide bonds. The molecule has 0 unspecified atom stereocenters. The van der Waals surface area contributed by atoms with E-state index >= 15 is 0 Å². The molecular formula is C31H48F3N3O5Si. The molecule has 0 spiro atoms. The van der Waals surface area contributed by atoms with Gasteiger partial charge in [0.1, 0.15) is 0 Å². The van der Waals surface area contributed by atoms with Crippen LogP contribution in [0.2, 0.25) is 18.1 Å². The molecule has 1 aromatic rings. The summed E-state index contributed by atoms with van der Waals surface area (Å²) in [5, 5.41) is -0.132. The highest BCUT2D eigenvalue weighted by molar-refractivity contribution is 6.72. The smallest absolute Gasteiger partial charge is 0.417 e. The number of halogens is 3. The first-order chi connectivity index (χ1) is 20.2. The zero-order valence-corrected chi connectivity index (χ0v) is 27.2. The van der Waals surface area contributed by atoms with Crippen molar-refractivity contribution < 1.29 is 37.0 Å². The Bertz CT molecular complexity index is 1160. The first-order valence-electron chi connectivity index (χ1n) is 15.7. The Balaban J connectivity index is 1.36. The van der Waals surface area contributed by atoms with E-state index in [4.69, 9.17) is 14.2 Å². The van der Waals surface area contributed by atoms with Crippen LogP contribution in [-0.2, 0) is 38.1 Å². The van der Waals surface area contributed by atoms with Crippen LogP contribution in [0.5, 0.6) is 0 Å². The summed E-state index contributed by atoms with van der Waals surface area (Å²) in [5.41, 5.74) is -0.369. The van der Waals surface area contributed by atoms with Crippen LogP contribution in [0.3, 0.4) is 0 Å². The quantitative estimate of drug-likeness (QED) is 0.395. The molecule has 4 aliphatic rings. The number of ether oxygens (including phenoxy) is 3. The Kier molecular flexibility index (Phi) is 9.40. The number of aromatic nitrogens is 1. The lowest BCUT2D eigenvalue weighted by atomic mass is 9.80.